The molecule has 0 saturated heterocycles. The molecule has 3 heteroatoms. The summed E-state index contributed by atoms with van der Waals surface area (Å²) in [6.45, 7) is 8.20. The molecule has 0 aliphatic heterocycles. The van der Waals surface area contributed by atoms with Crippen molar-refractivity contribution in [3.05, 3.63) is 40.2 Å². The zero-order valence-corrected chi connectivity index (χ0v) is 9.19. The standard InChI is InChI=1S/C11H12N2S/c1-4-5-13-9(3)6-8(2)10(7-12)11(13)14/h4,6H,1,5H2,2-3H3. The van der Waals surface area contributed by atoms with Crippen LogP contribution in [0.25, 0.3) is 0 Å². The van der Waals surface area contributed by atoms with Crippen LogP contribution in [-0.4, -0.2) is 4.57 Å². The maximum absolute atomic E-state index is 8.93. The van der Waals surface area contributed by atoms with Crippen molar-refractivity contribution in [2.75, 3.05) is 0 Å². The van der Waals surface area contributed by atoms with E-state index in [-0.39, 0.29) is 0 Å². The molecule has 0 aliphatic carbocycles. The first-order chi connectivity index (χ1) is 6.61. The molecule has 0 aliphatic rings. The highest BCUT2D eigenvalue weighted by atomic mass is 32.1. The lowest BCUT2D eigenvalue weighted by Gasteiger charge is -2.11. The van der Waals surface area contributed by atoms with Gasteiger partial charge in [-0.1, -0.05) is 18.3 Å². The second-order valence-electron chi connectivity index (χ2n) is 3.16. The summed E-state index contributed by atoms with van der Waals surface area (Å²) in [7, 11) is 0. The van der Waals surface area contributed by atoms with Crippen LogP contribution in [0.1, 0.15) is 16.8 Å². The predicted molar refractivity (Wildman–Crippen MR) is 59.7 cm³/mol. The Labute approximate surface area is 89.1 Å². The van der Waals surface area contributed by atoms with Gasteiger partial charge in [-0.3, -0.25) is 0 Å². The van der Waals surface area contributed by atoms with Crippen molar-refractivity contribution >= 4 is 12.2 Å². The third-order valence-electron chi connectivity index (χ3n) is 2.13. The number of aromatic nitrogens is 1. The fraction of sp³-hybridized carbons (Fsp3) is 0.273. The van der Waals surface area contributed by atoms with Gasteiger partial charge < -0.3 is 4.57 Å². The van der Waals surface area contributed by atoms with Crippen LogP contribution in [0.15, 0.2) is 18.7 Å². The van der Waals surface area contributed by atoms with Gasteiger partial charge in [0.15, 0.2) is 0 Å². The smallest absolute Gasteiger partial charge is 0.124 e. The van der Waals surface area contributed by atoms with Gasteiger partial charge in [-0.25, -0.2) is 0 Å². The van der Waals surface area contributed by atoms with E-state index in [1.165, 1.54) is 0 Å². The van der Waals surface area contributed by atoms with Crippen molar-refractivity contribution in [3.8, 4) is 6.07 Å². The normalized spacial score (nSPS) is 9.50. The maximum Gasteiger partial charge on any atom is 0.124 e. The topological polar surface area (TPSA) is 28.7 Å². The molecule has 2 nitrogen and oxygen atoms in total. The fourth-order valence-electron chi connectivity index (χ4n) is 1.42. The summed E-state index contributed by atoms with van der Waals surface area (Å²) in [5, 5.41) is 8.93. The van der Waals surface area contributed by atoms with E-state index in [4.69, 9.17) is 17.5 Å². The van der Waals surface area contributed by atoms with Crippen molar-refractivity contribution < 1.29 is 0 Å². The number of hydrogen-bond donors (Lipinski definition) is 0. The highest BCUT2D eigenvalue weighted by Gasteiger charge is 2.05. The fourth-order valence-corrected chi connectivity index (χ4v) is 1.84. The number of nitrogens with zero attached hydrogens (tertiary/aromatic N) is 2. The van der Waals surface area contributed by atoms with Crippen LogP contribution in [-0.2, 0) is 6.54 Å². The molecule has 0 spiro atoms. The van der Waals surface area contributed by atoms with Crippen molar-refractivity contribution in [3.63, 3.8) is 0 Å². The summed E-state index contributed by atoms with van der Waals surface area (Å²) in [5.74, 6) is 0. The summed E-state index contributed by atoms with van der Waals surface area (Å²) in [6.07, 6.45) is 1.78. The molecule has 14 heavy (non-hydrogen) atoms. The Morgan fingerprint density at radius 2 is 2.29 bits per heavy atom. The van der Waals surface area contributed by atoms with Crippen LogP contribution in [0, 0.1) is 29.8 Å². The third-order valence-corrected chi connectivity index (χ3v) is 2.55. The Hall–Kier alpha value is -1.40. The minimum Gasteiger partial charge on any atom is -0.332 e. The number of aryl methyl sites for hydroxylation is 2. The van der Waals surface area contributed by atoms with Crippen molar-refractivity contribution in [1.82, 2.24) is 4.57 Å². The molecule has 0 aromatic carbocycles. The number of hydrogen-bond acceptors (Lipinski definition) is 2. The largest absolute Gasteiger partial charge is 0.332 e. The van der Waals surface area contributed by atoms with Gasteiger partial charge in [-0.05, 0) is 25.5 Å². The van der Waals surface area contributed by atoms with E-state index in [0.717, 1.165) is 11.3 Å². The molecule has 0 N–H and O–H groups in total. The molecule has 1 aromatic rings. The summed E-state index contributed by atoms with van der Waals surface area (Å²) < 4.78 is 2.51. The highest BCUT2D eigenvalue weighted by molar-refractivity contribution is 7.71. The van der Waals surface area contributed by atoms with Gasteiger partial charge in [-0.15, -0.1) is 6.58 Å². The third kappa shape index (κ3) is 1.75. The van der Waals surface area contributed by atoms with Crippen molar-refractivity contribution in [1.29, 1.82) is 5.26 Å². The Bertz CT molecular complexity index is 463. The van der Waals surface area contributed by atoms with Crippen LogP contribution >= 0.6 is 12.2 Å². The zero-order chi connectivity index (χ0) is 10.7. The quantitative estimate of drug-likeness (QED) is 0.547. The number of rotatable bonds is 2. The molecule has 0 radical (unpaired) electrons. The highest BCUT2D eigenvalue weighted by Crippen LogP contribution is 2.12. The molecular weight excluding hydrogens is 192 g/mol. The van der Waals surface area contributed by atoms with Gasteiger partial charge in [0, 0.05) is 12.2 Å². The Morgan fingerprint density at radius 3 is 2.79 bits per heavy atom. The van der Waals surface area contributed by atoms with Gasteiger partial charge in [0.05, 0.1) is 5.56 Å². The lowest BCUT2D eigenvalue weighted by atomic mass is 10.1. The van der Waals surface area contributed by atoms with Gasteiger partial charge >= 0.3 is 0 Å². The SMILES string of the molecule is C=CCn1c(C)cc(C)c(C#N)c1=S. The summed E-state index contributed by atoms with van der Waals surface area (Å²) in [6, 6.07) is 4.10. The first-order valence-corrected chi connectivity index (χ1v) is 4.74. The molecule has 0 unspecified atom stereocenters. The average Bonchev–Trinajstić information content (AvgIpc) is 2.12. The molecule has 0 saturated carbocycles. The summed E-state index contributed by atoms with van der Waals surface area (Å²) in [5.41, 5.74) is 2.59. The molecule has 1 rings (SSSR count). The molecular formula is C11H12N2S. The van der Waals surface area contributed by atoms with E-state index < -0.39 is 0 Å². The van der Waals surface area contributed by atoms with Crippen molar-refractivity contribution in [2.24, 2.45) is 0 Å². The van der Waals surface area contributed by atoms with Crippen LogP contribution in [0.4, 0.5) is 0 Å². The molecule has 1 heterocycles. The minimum absolute atomic E-state index is 0.590. The average molecular weight is 204 g/mol. The molecule has 0 bridgehead atoms. The molecule has 0 atom stereocenters. The lowest BCUT2D eigenvalue weighted by molar-refractivity contribution is 0.762. The molecule has 0 fully saturated rings. The Morgan fingerprint density at radius 1 is 1.64 bits per heavy atom. The summed E-state index contributed by atoms with van der Waals surface area (Å²) in [4.78, 5) is 0. The van der Waals surface area contributed by atoms with Crippen LogP contribution in [0.5, 0.6) is 0 Å². The van der Waals surface area contributed by atoms with Gasteiger partial charge in [0.2, 0.25) is 0 Å². The predicted octanol–water partition coefficient (Wildman–Crippen LogP) is 2.89. The van der Waals surface area contributed by atoms with E-state index >= 15 is 0 Å². The lowest BCUT2D eigenvalue weighted by Crippen LogP contribution is -2.06. The number of nitriles is 1. The van der Waals surface area contributed by atoms with E-state index in [9.17, 15) is 0 Å². The van der Waals surface area contributed by atoms with E-state index in [1.807, 2.05) is 24.5 Å². The van der Waals surface area contributed by atoms with Crippen LogP contribution in [0.3, 0.4) is 0 Å². The Balaban J connectivity index is 3.54. The molecule has 0 amide bonds. The second kappa shape index (κ2) is 4.21. The first-order valence-electron chi connectivity index (χ1n) is 4.34. The Kier molecular flexibility index (Phi) is 3.21. The minimum atomic E-state index is 0.590. The number of allylic oxidation sites excluding steroid dienone is 1. The van der Waals surface area contributed by atoms with Gasteiger partial charge in [-0.2, -0.15) is 5.26 Å². The molecule has 72 valence electrons. The zero-order valence-electron chi connectivity index (χ0n) is 8.37. The second-order valence-corrected chi connectivity index (χ2v) is 3.55. The van der Waals surface area contributed by atoms with Crippen molar-refractivity contribution in [2.45, 2.75) is 20.4 Å². The van der Waals surface area contributed by atoms with Crippen LogP contribution in [0.2, 0.25) is 0 Å². The van der Waals surface area contributed by atoms with E-state index in [0.29, 0.717) is 16.7 Å². The first kappa shape index (κ1) is 10.7. The van der Waals surface area contributed by atoms with Gasteiger partial charge in [0.1, 0.15) is 10.7 Å². The maximum atomic E-state index is 8.93. The van der Waals surface area contributed by atoms with Gasteiger partial charge in [0.25, 0.3) is 0 Å². The van der Waals surface area contributed by atoms with Crippen LogP contribution < -0.4 is 0 Å². The summed E-state index contributed by atoms with van der Waals surface area (Å²) >= 11 is 5.22. The van der Waals surface area contributed by atoms with E-state index in [1.54, 1.807) is 6.08 Å². The number of pyridine rings is 1. The monoisotopic (exact) mass is 204 g/mol. The van der Waals surface area contributed by atoms with E-state index in [2.05, 4.69) is 12.6 Å². The molecule has 1 aromatic heterocycles.